The van der Waals surface area contributed by atoms with Crippen LogP contribution in [-0.2, 0) is 0 Å². The van der Waals surface area contributed by atoms with Crippen LogP contribution in [0, 0.1) is 0 Å². The summed E-state index contributed by atoms with van der Waals surface area (Å²) in [5, 5.41) is 13.7. The summed E-state index contributed by atoms with van der Waals surface area (Å²) in [6.45, 7) is 1.61. The minimum Gasteiger partial charge on any atom is -0.362 e. The Morgan fingerprint density at radius 1 is 1.48 bits per heavy atom. The first-order valence-electron chi connectivity index (χ1n) is 6.15. The number of carbonyl (C=O) groups excluding carboxylic acids is 1. The van der Waals surface area contributed by atoms with Gasteiger partial charge in [-0.2, -0.15) is 23.3 Å². The van der Waals surface area contributed by atoms with Crippen LogP contribution in [0.5, 0.6) is 0 Å². The molecule has 21 heavy (non-hydrogen) atoms. The first-order chi connectivity index (χ1) is 9.70. The second-order valence-corrected chi connectivity index (χ2v) is 5.46. The SMILES string of the molecule is CCC1=NN(C(=O)c2ccccc2Br)C(O)(C(F)(F)F)C1. The van der Waals surface area contributed by atoms with Crippen molar-refractivity contribution in [1.82, 2.24) is 5.01 Å². The van der Waals surface area contributed by atoms with Crippen LogP contribution in [0.4, 0.5) is 13.2 Å². The molecule has 1 atom stereocenters. The van der Waals surface area contributed by atoms with E-state index in [2.05, 4.69) is 21.0 Å². The van der Waals surface area contributed by atoms with E-state index in [1.165, 1.54) is 18.2 Å². The van der Waals surface area contributed by atoms with Crippen LogP contribution < -0.4 is 0 Å². The molecule has 0 spiro atoms. The Bertz CT molecular complexity index is 603. The number of amides is 1. The standard InChI is InChI=1S/C13H12BrF3N2O2/c1-2-8-7-12(21,13(15,16)17)19(18-8)11(20)9-5-3-4-6-10(9)14/h3-6,21H,2,7H2,1H3. The normalized spacial score (nSPS) is 22.4. The first kappa shape index (κ1) is 16.0. The second kappa shape index (κ2) is 5.42. The summed E-state index contributed by atoms with van der Waals surface area (Å²) in [5.41, 5.74) is -3.18. The highest BCUT2D eigenvalue weighted by Gasteiger charge is 2.63. The highest BCUT2D eigenvalue weighted by atomic mass is 79.9. The number of rotatable bonds is 2. The summed E-state index contributed by atoms with van der Waals surface area (Å²) >= 11 is 3.11. The van der Waals surface area contributed by atoms with E-state index < -0.39 is 24.2 Å². The van der Waals surface area contributed by atoms with Gasteiger partial charge >= 0.3 is 6.18 Å². The van der Waals surface area contributed by atoms with Crippen molar-refractivity contribution < 1.29 is 23.1 Å². The lowest BCUT2D eigenvalue weighted by Gasteiger charge is -2.32. The highest BCUT2D eigenvalue weighted by molar-refractivity contribution is 9.10. The van der Waals surface area contributed by atoms with Gasteiger partial charge in [-0.3, -0.25) is 4.79 Å². The lowest BCUT2D eigenvalue weighted by atomic mass is 10.0. The Balaban J connectivity index is 2.46. The summed E-state index contributed by atoms with van der Waals surface area (Å²) in [4.78, 5) is 12.3. The zero-order valence-electron chi connectivity index (χ0n) is 11.0. The van der Waals surface area contributed by atoms with E-state index in [4.69, 9.17) is 0 Å². The smallest absolute Gasteiger partial charge is 0.362 e. The highest BCUT2D eigenvalue weighted by Crippen LogP contribution is 2.41. The van der Waals surface area contributed by atoms with Crippen molar-refractivity contribution in [2.75, 3.05) is 0 Å². The third-order valence-corrected chi connectivity index (χ3v) is 3.89. The van der Waals surface area contributed by atoms with E-state index in [-0.39, 0.29) is 22.7 Å². The fraction of sp³-hybridized carbons (Fsp3) is 0.385. The summed E-state index contributed by atoms with van der Waals surface area (Å²) in [5.74, 6) is -1.01. The molecule has 0 aromatic heterocycles. The van der Waals surface area contributed by atoms with E-state index in [0.717, 1.165) is 0 Å². The monoisotopic (exact) mass is 364 g/mol. The molecule has 1 aliphatic rings. The Hall–Kier alpha value is -1.41. The topological polar surface area (TPSA) is 52.9 Å². The summed E-state index contributed by atoms with van der Waals surface area (Å²) < 4.78 is 39.8. The molecule has 0 fully saturated rings. The molecule has 8 heteroatoms. The van der Waals surface area contributed by atoms with Gasteiger partial charge in [0.15, 0.2) is 0 Å². The maximum Gasteiger partial charge on any atom is 0.438 e. The van der Waals surface area contributed by atoms with Gasteiger partial charge in [-0.15, -0.1) is 0 Å². The van der Waals surface area contributed by atoms with Gasteiger partial charge in [0.25, 0.3) is 11.6 Å². The minimum absolute atomic E-state index is 0.00118. The molecular formula is C13H12BrF3N2O2. The van der Waals surface area contributed by atoms with Gasteiger partial charge in [-0.1, -0.05) is 19.1 Å². The van der Waals surface area contributed by atoms with E-state index >= 15 is 0 Å². The molecule has 1 aromatic carbocycles. The number of carbonyl (C=O) groups is 1. The van der Waals surface area contributed by atoms with Crippen molar-refractivity contribution in [3.8, 4) is 0 Å². The molecular weight excluding hydrogens is 353 g/mol. The van der Waals surface area contributed by atoms with Crippen molar-refractivity contribution in [3.63, 3.8) is 0 Å². The third kappa shape index (κ3) is 2.69. The van der Waals surface area contributed by atoms with Gasteiger partial charge in [-0.25, -0.2) is 0 Å². The fourth-order valence-electron chi connectivity index (χ4n) is 2.00. The van der Waals surface area contributed by atoms with E-state index in [1.807, 2.05) is 0 Å². The molecule has 0 bridgehead atoms. The summed E-state index contributed by atoms with van der Waals surface area (Å²) in [7, 11) is 0. The molecule has 1 amide bonds. The fourth-order valence-corrected chi connectivity index (χ4v) is 2.45. The Morgan fingerprint density at radius 2 is 2.10 bits per heavy atom. The quantitative estimate of drug-likeness (QED) is 0.875. The van der Waals surface area contributed by atoms with E-state index in [0.29, 0.717) is 4.47 Å². The minimum atomic E-state index is -5.00. The van der Waals surface area contributed by atoms with Crippen LogP contribution in [0.3, 0.4) is 0 Å². The summed E-state index contributed by atoms with van der Waals surface area (Å²) in [6.07, 6.45) is -5.51. The number of halogens is 4. The number of hydrazone groups is 1. The van der Waals surface area contributed by atoms with Gasteiger partial charge < -0.3 is 5.11 Å². The van der Waals surface area contributed by atoms with Gasteiger partial charge in [0.1, 0.15) is 0 Å². The Kier molecular flexibility index (Phi) is 4.12. The van der Waals surface area contributed by atoms with Crippen molar-refractivity contribution in [2.45, 2.75) is 31.7 Å². The van der Waals surface area contributed by atoms with Crippen molar-refractivity contribution in [2.24, 2.45) is 5.10 Å². The number of alkyl halides is 3. The predicted octanol–water partition coefficient (Wildman–Crippen LogP) is 3.31. The maximum absolute atomic E-state index is 13.2. The predicted molar refractivity (Wildman–Crippen MR) is 73.7 cm³/mol. The average Bonchev–Trinajstić information content (AvgIpc) is 2.77. The molecule has 1 heterocycles. The number of aliphatic hydroxyl groups is 1. The molecule has 0 radical (unpaired) electrons. The van der Waals surface area contributed by atoms with Gasteiger partial charge in [0.05, 0.1) is 5.56 Å². The van der Waals surface area contributed by atoms with E-state index in [9.17, 15) is 23.1 Å². The molecule has 2 rings (SSSR count). The molecule has 1 aliphatic heterocycles. The molecule has 1 aromatic rings. The molecule has 4 nitrogen and oxygen atoms in total. The van der Waals surface area contributed by atoms with Crippen LogP contribution in [-0.4, -0.2) is 33.6 Å². The van der Waals surface area contributed by atoms with Crippen molar-refractivity contribution in [3.05, 3.63) is 34.3 Å². The van der Waals surface area contributed by atoms with Crippen LogP contribution in [0.2, 0.25) is 0 Å². The summed E-state index contributed by atoms with van der Waals surface area (Å²) in [6, 6.07) is 6.04. The van der Waals surface area contributed by atoms with Crippen LogP contribution in [0.25, 0.3) is 0 Å². The molecule has 1 unspecified atom stereocenters. The largest absolute Gasteiger partial charge is 0.438 e. The third-order valence-electron chi connectivity index (χ3n) is 3.20. The number of benzene rings is 1. The molecule has 1 N–H and O–H groups in total. The first-order valence-corrected chi connectivity index (χ1v) is 6.94. The van der Waals surface area contributed by atoms with Crippen LogP contribution in [0.1, 0.15) is 30.1 Å². The Labute approximate surface area is 127 Å². The van der Waals surface area contributed by atoms with Gasteiger partial charge in [-0.05, 0) is 34.5 Å². The number of nitrogens with zero attached hydrogens (tertiary/aromatic N) is 2. The van der Waals surface area contributed by atoms with Gasteiger partial charge in [0.2, 0.25) is 0 Å². The Morgan fingerprint density at radius 3 is 2.62 bits per heavy atom. The number of hydrogen-bond donors (Lipinski definition) is 1. The lowest BCUT2D eigenvalue weighted by Crippen LogP contribution is -2.56. The molecule has 0 saturated heterocycles. The lowest BCUT2D eigenvalue weighted by molar-refractivity contribution is -0.297. The molecule has 0 saturated carbocycles. The van der Waals surface area contributed by atoms with Crippen LogP contribution >= 0.6 is 15.9 Å². The van der Waals surface area contributed by atoms with Crippen molar-refractivity contribution >= 4 is 27.5 Å². The maximum atomic E-state index is 13.2. The zero-order chi connectivity index (χ0) is 15.8. The second-order valence-electron chi connectivity index (χ2n) is 4.61. The van der Waals surface area contributed by atoms with Crippen LogP contribution in [0.15, 0.2) is 33.8 Å². The molecule has 114 valence electrons. The molecule has 0 aliphatic carbocycles. The zero-order valence-corrected chi connectivity index (χ0v) is 12.6. The average molecular weight is 365 g/mol. The van der Waals surface area contributed by atoms with E-state index in [1.54, 1.807) is 13.0 Å². The van der Waals surface area contributed by atoms with Crippen molar-refractivity contribution in [1.29, 1.82) is 0 Å². The number of hydrogen-bond acceptors (Lipinski definition) is 3. The van der Waals surface area contributed by atoms with Gasteiger partial charge in [0, 0.05) is 16.6 Å².